The summed E-state index contributed by atoms with van der Waals surface area (Å²) in [6.07, 6.45) is -0.0519. The Hall–Kier alpha value is -2.38. The molecule has 5 atom stereocenters. The normalized spacial score (nSPS) is 15.9. The molecule has 3 amide bonds. The fraction of sp³-hybridized carbons (Fsp3) is 0.688. The Morgan fingerprint density at radius 3 is 2.00 bits per heavy atom. The number of carboxylic acid groups (broad SMARTS) is 2. The second kappa shape index (κ2) is 13.0. The highest BCUT2D eigenvalue weighted by Gasteiger charge is 2.32. The summed E-state index contributed by atoms with van der Waals surface area (Å²) in [6, 6.07) is -5.36. The van der Waals surface area contributed by atoms with Gasteiger partial charge in [-0.15, -0.1) is 0 Å². The highest BCUT2D eigenvalue weighted by atomic mass is 32.2. The number of amides is 3. The third-order valence-corrected chi connectivity index (χ3v) is 4.42. The predicted molar refractivity (Wildman–Crippen MR) is 104 cm³/mol. The summed E-state index contributed by atoms with van der Waals surface area (Å²) >= 11 is 1.47. The molecule has 0 saturated carbocycles. The number of aliphatic carboxylic acids is 2. The van der Waals surface area contributed by atoms with Crippen LogP contribution in [0.2, 0.25) is 0 Å². The molecule has 0 aromatic heterocycles. The fourth-order valence-corrected chi connectivity index (χ4v) is 2.55. The maximum Gasteiger partial charge on any atom is 0.325 e. The van der Waals surface area contributed by atoms with Crippen LogP contribution in [0.1, 0.15) is 26.7 Å². The summed E-state index contributed by atoms with van der Waals surface area (Å²) < 4.78 is 0. The third kappa shape index (κ3) is 10.1. The standard InChI is InChI=1S/C16H28N4O8S/c1-7(16(27)28)18-14(25)10(6-11(22)23)19-15(26)12(8(2)21)20-13(24)9(17)4-5-29-3/h7-10,12,21H,4-6,17H2,1-3H3,(H,18,25)(H,19,26)(H,20,24)(H,22,23)(H,27,28). The van der Waals surface area contributed by atoms with E-state index in [1.165, 1.54) is 18.7 Å². The first kappa shape index (κ1) is 26.6. The summed E-state index contributed by atoms with van der Waals surface area (Å²) in [5.74, 6) is -4.93. The van der Waals surface area contributed by atoms with Gasteiger partial charge in [-0.25, -0.2) is 0 Å². The van der Waals surface area contributed by atoms with Gasteiger partial charge in [-0.1, -0.05) is 0 Å². The number of hydrogen-bond acceptors (Lipinski definition) is 8. The molecule has 5 unspecified atom stereocenters. The number of carbonyl (C=O) groups is 5. The quantitative estimate of drug-likeness (QED) is 0.161. The van der Waals surface area contributed by atoms with Gasteiger partial charge < -0.3 is 37.0 Å². The lowest BCUT2D eigenvalue weighted by Crippen LogP contribution is -2.60. The second-order valence-corrected chi connectivity index (χ2v) is 7.33. The SMILES string of the molecule is CSCCC(N)C(=O)NC(C(=O)NC(CC(=O)O)C(=O)NC(C)C(=O)O)C(C)O. The van der Waals surface area contributed by atoms with Gasteiger partial charge in [0.1, 0.15) is 18.1 Å². The minimum Gasteiger partial charge on any atom is -0.481 e. The zero-order valence-corrected chi connectivity index (χ0v) is 17.2. The topological polar surface area (TPSA) is 208 Å². The van der Waals surface area contributed by atoms with Crippen molar-refractivity contribution in [3.63, 3.8) is 0 Å². The number of aliphatic hydroxyl groups is 1. The molecule has 0 fully saturated rings. The molecule has 13 heteroatoms. The number of thioether (sulfide) groups is 1. The van der Waals surface area contributed by atoms with Crippen LogP contribution in [0, 0.1) is 0 Å². The van der Waals surface area contributed by atoms with Crippen LogP contribution in [0.5, 0.6) is 0 Å². The van der Waals surface area contributed by atoms with E-state index >= 15 is 0 Å². The van der Waals surface area contributed by atoms with Crippen molar-refractivity contribution in [3.8, 4) is 0 Å². The molecule has 0 spiro atoms. The summed E-state index contributed by atoms with van der Waals surface area (Å²) in [5, 5.41) is 34.1. The first-order chi connectivity index (χ1) is 13.4. The van der Waals surface area contributed by atoms with Crippen molar-refractivity contribution in [2.75, 3.05) is 12.0 Å². The molecule has 0 aliphatic carbocycles. The highest BCUT2D eigenvalue weighted by molar-refractivity contribution is 7.98. The van der Waals surface area contributed by atoms with E-state index < -0.39 is 66.4 Å². The molecule has 12 nitrogen and oxygen atoms in total. The lowest BCUT2D eigenvalue weighted by molar-refractivity contribution is -0.143. The third-order valence-electron chi connectivity index (χ3n) is 3.77. The minimum atomic E-state index is -1.62. The van der Waals surface area contributed by atoms with E-state index in [0.717, 1.165) is 6.92 Å². The molecular formula is C16H28N4O8S. The van der Waals surface area contributed by atoms with Crippen LogP contribution in [0.15, 0.2) is 0 Å². The van der Waals surface area contributed by atoms with Crippen molar-refractivity contribution in [1.82, 2.24) is 16.0 Å². The molecule has 8 N–H and O–H groups in total. The number of carbonyl (C=O) groups excluding carboxylic acids is 3. The van der Waals surface area contributed by atoms with Crippen LogP contribution in [-0.4, -0.2) is 87.3 Å². The molecule has 0 saturated heterocycles. The van der Waals surface area contributed by atoms with Crippen molar-refractivity contribution in [2.24, 2.45) is 5.73 Å². The smallest absolute Gasteiger partial charge is 0.325 e. The Morgan fingerprint density at radius 1 is 0.966 bits per heavy atom. The Kier molecular flexibility index (Phi) is 11.9. The van der Waals surface area contributed by atoms with Crippen LogP contribution in [0.25, 0.3) is 0 Å². The molecule has 166 valence electrons. The first-order valence-corrected chi connectivity index (χ1v) is 10.1. The molecule has 0 aliphatic heterocycles. The Labute approximate surface area is 172 Å². The average Bonchev–Trinajstić information content (AvgIpc) is 2.62. The monoisotopic (exact) mass is 436 g/mol. The van der Waals surface area contributed by atoms with E-state index in [0.29, 0.717) is 12.2 Å². The number of aliphatic hydroxyl groups excluding tert-OH is 1. The Morgan fingerprint density at radius 2 is 1.55 bits per heavy atom. The zero-order chi connectivity index (χ0) is 22.7. The van der Waals surface area contributed by atoms with E-state index in [1.54, 1.807) is 0 Å². The van der Waals surface area contributed by atoms with Crippen molar-refractivity contribution >= 4 is 41.4 Å². The van der Waals surface area contributed by atoms with Gasteiger partial charge in [0.15, 0.2) is 0 Å². The van der Waals surface area contributed by atoms with E-state index in [2.05, 4.69) is 16.0 Å². The molecular weight excluding hydrogens is 408 g/mol. The predicted octanol–water partition coefficient (Wildman–Crippen LogP) is -2.52. The largest absolute Gasteiger partial charge is 0.481 e. The van der Waals surface area contributed by atoms with Crippen LogP contribution in [0.3, 0.4) is 0 Å². The molecule has 0 aliphatic rings. The van der Waals surface area contributed by atoms with Crippen LogP contribution >= 0.6 is 11.8 Å². The molecule has 0 rings (SSSR count). The summed E-state index contributed by atoms with van der Waals surface area (Å²) in [4.78, 5) is 58.6. The second-order valence-electron chi connectivity index (χ2n) is 6.34. The molecule has 0 radical (unpaired) electrons. The van der Waals surface area contributed by atoms with Gasteiger partial charge in [-0.05, 0) is 32.3 Å². The first-order valence-electron chi connectivity index (χ1n) is 8.69. The van der Waals surface area contributed by atoms with Gasteiger partial charge in [-0.2, -0.15) is 11.8 Å². The minimum absolute atomic E-state index is 0.332. The van der Waals surface area contributed by atoms with Crippen LogP contribution in [0.4, 0.5) is 0 Å². The Balaban J connectivity index is 5.23. The van der Waals surface area contributed by atoms with Gasteiger partial charge in [0.05, 0.1) is 18.6 Å². The Bertz CT molecular complexity index is 616. The number of nitrogens with one attached hydrogen (secondary N) is 3. The zero-order valence-electron chi connectivity index (χ0n) is 16.4. The maximum absolute atomic E-state index is 12.5. The fourth-order valence-electron chi connectivity index (χ4n) is 2.06. The molecule has 0 heterocycles. The average molecular weight is 436 g/mol. The molecule has 0 aromatic rings. The summed E-state index contributed by atoms with van der Waals surface area (Å²) in [5.41, 5.74) is 5.71. The van der Waals surface area contributed by atoms with Crippen LogP contribution in [-0.2, 0) is 24.0 Å². The maximum atomic E-state index is 12.5. The van der Waals surface area contributed by atoms with Crippen LogP contribution < -0.4 is 21.7 Å². The molecule has 0 bridgehead atoms. The number of rotatable bonds is 13. The van der Waals surface area contributed by atoms with Gasteiger partial charge in [0, 0.05) is 0 Å². The van der Waals surface area contributed by atoms with E-state index in [-0.39, 0.29) is 0 Å². The van der Waals surface area contributed by atoms with Crippen molar-refractivity contribution < 1.29 is 39.3 Å². The number of carboxylic acids is 2. The number of hydrogen-bond donors (Lipinski definition) is 7. The molecule has 0 aromatic carbocycles. The van der Waals surface area contributed by atoms with Gasteiger partial charge in [0.25, 0.3) is 0 Å². The lowest BCUT2D eigenvalue weighted by Gasteiger charge is -2.25. The summed E-state index contributed by atoms with van der Waals surface area (Å²) in [7, 11) is 0. The van der Waals surface area contributed by atoms with Gasteiger partial charge in [-0.3, -0.25) is 24.0 Å². The number of nitrogens with two attached hydrogens (primary N) is 1. The lowest BCUT2D eigenvalue weighted by atomic mass is 10.1. The van der Waals surface area contributed by atoms with Crippen molar-refractivity contribution in [2.45, 2.75) is 57.0 Å². The summed E-state index contributed by atoms with van der Waals surface area (Å²) in [6.45, 7) is 2.38. The van der Waals surface area contributed by atoms with Gasteiger partial charge >= 0.3 is 11.9 Å². The van der Waals surface area contributed by atoms with E-state index in [4.69, 9.17) is 15.9 Å². The van der Waals surface area contributed by atoms with Gasteiger partial charge in [0.2, 0.25) is 17.7 Å². The van der Waals surface area contributed by atoms with E-state index in [1.807, 2.05) is 6.26 Å². The van der Waals surface area contributed by atoms with Crippen molar-refractivity contribution in [3.05, 3.63) is 0 Å². The highest BCUT2D eigenvalue weighted by Crippen LogP contribution is 2.02. The van der Waals surface area contributed by atoms with Crippen molar-refractivity contribution in [1.29, 1.82) is 0 Å². The van der Waals surface area contributed by atoms with E-state index in [9.17, 15) is 29.1 Å². The molecule has 29 heavy (non-hydrogen) atoms.